The van der Waals surface area contributed by atoms with Crippen molar-refractivity contribution < 1.29 is 13.2 Å². The Morgan fingerprint density at radius 3 is 2.42 bits per heavy atom. The highest BCUT2D eigenvalue weighted by molar-refractivity contribution is 5.38. The molecule has 2 rings (SSSR count). The van der Waals surface area contributed by atoms with Crippen molar-refractivity contribution in [2.24, 2.45) is 11.7 Å². The first-order chi connectivity index (χ1) is 8.86. The summed E-state index contributed by atoms with van der Waals surface area (Å²) >= 11 is 0. The van der Waals surface area contributed by atoms with Crippen LogP contribution in [0.25, 0.3) is 0 Å². The number of rotatable bonds is 1. The first-order valence-corrected chi connectivity index (χ1v) is 6.22. The van der Waals surface area contributed by atoms with Crippen LogP contribution in [0, 0.1) is 5.92 Å². The number of hydrogen-bond acceptors (Lipinski definition) is 3. The fraction of sp³-hybridized carbons (Fsp3) is 0.538. The molecule has 0 spiro atoms. The summed E-state index contributed by atoms with van der Waals surface area (Å²) in [4.78, 5) is 4.10. The van der Waals surface area contributed by atoms with E-state index in [4.69, 9.17) is 5.73 Å². The molecule has 0 saturated carbocycles. The highest BCUT2D eigenvalue weighted by Crippen LogP contribution is 2.36. The number of nitrogens with zero attached hydrogens (tertiary/aromatic N) is 2. The summed E-state index contributed by atoms with van der Waals surface area (Å²) < 4.78 is 38.9. The van der Waals surface area contributed by atoms with E-state index in [-0.39, 0.29) is 11.3 Å². The molecular formula is C13H18F3N3. The molecule has 0 aromatic carbocycles. The molecule has 6 heteroatoms. The number of likely N-dealkylation sites (N-methyl/N-ethyl adjacent to an activating group) is 1. The third kappa shape index (κ3) is 3.53. The lowest BCUT2D eigenvalue weighted by molar-refractivity contribution is -0.151. The maximum absolute atomic E-state index is 13.0. The number of hydrogen-bond donors (Lipinski definition) is 1. The molecule has 3 nitrogen and oxygen atoms in total. The highest BCUT2D eigenvalue weighted by Gasteiger charge is 2.41. The van der Waals surface area contributed by atoms with Crippen molar-refractivity contribution in [3.05, 3.63) is 35.7 Å². The predicted octanol–water partition coefficient (Wildman–Crippen LogP) is 1.71. The SMILES string of the molecule is CN1CCN(C=C2C=CC(N)=CC2C(F)(F)F)CC1. The number of allylic oxidation sites excluding steroid dienone is 4. The van der Waals surface area contributed by atoms with Crippen LogP contribution in [0.2, 0.25) is 0 Å². The summed E-state index contributed by atoms with van der Waals surface area (Å²) in [6, 6.07) is 0. The molecule has 0 amide bonds. The summed E-state index contributed by atoms with van der Waals surface area (Å²) in [5.74, 6) is -1.60. The van der Waals surface area contributed by atoms with Crippen LogP contribution in [-0.2, 0) is 0 Å². The van der Waals surface area contributed by atoms with Crippen LogP contribution < -0.4 is 5.73 Å². The molecule has 19 heavy (non-hydrogen) atoms. The normalized spacial score (nSPS) is 27.8. The molecule has 1 fully saturated rings. The zero-order valence-corrected chi connectivity index (χ0v) is 10.8. The van der Waals surface area contributed by atoms with Crippen LogP contribution in [0.4, 0.5) is 13.2 Å². The van der Waals surface area contributed by atoms with Gasteiger partial charge in [0.15, 0.2) is 0 Å². The number of halogens is 3. The molecule has 0 radical (unpaired) electrons. The van der Waals surface area contributed by atoms with Gasteiger partial charge in [-0.2, -0.15) is 13.2 Å². The van der Waals surface area contributed by atoms with Crippen LogP contribution >= 0.6 is 0 Å². The van der Waals surface area contributed by atoms with Gasteiger partial charge >= 0.3 is 6.18 Å². The molecule has 0 bridgehead atoms. The van der Waals surface area contributed by atoms with Crippen molar-refractivity contribution in [1.82, 2.24) is 9.80 Å². The van der Waals surface area contributed by atoms with Gasteiger partial charge in [-0.15, -0.1) is 0 Å². The fourth-order valence-corrected chi connectivity index (χ4v) is 2.21. The van der Waals surface area contributed by atoms with Crippen LogP contribution in [0.15, 0.2) is 35.7 Å². The molecule has 2 N–H and O–H groups in total. The third-order valence-corrected chi connectivity index (χ3v) is 3.41. The third-order valence-electron chi connectivity index (χ3n) is 3.41. The van der Waals surface area contributed by atoms with Gasteiger partial charge in [0.2, 0.25) is 0 Å². The van der Waals surface area contributed by atoms with E-state index in [0.29, 0.717) is 0 Å². The van der Waals surface area contributed by atoms with E-state index in [1.807, 2.05) is 11.9 Å². The summed E-state index contributed by atoms with van der Waals surface area (Å²) in [5.41, 5.74) is 5.88. The quantitative estimate of drug-likeness (QED) is 0.789. The topological polar surface area (TPSA) is 32.5 Å². The number of nitrogens with two attached hydrogens (primary N) is 1. The van der Waals surface area contributed by atoms with E-state index in [2.05, 4.69) is 4.90 Å². The van der Waals surface area contributed by atoms with Crippen molar-refractivity contribution in [2.75, 3.05) is 33.2 Å². The predicted molar refractivity (Wildman–Crippen MR) is 68.1 cm³/mol. The second-order valence-electron chi connectivity index (χ2n) is 4.99. The Balaban J connectivity index is 2.15. The molecule has 106 valence electrons. The Bertz CT molecular complexity index is 415. The lowest BCUT2D eigenvalue weighted by Gasteiger charge is -2.33. The summed E-state index contributed by atoms with van der Waals surface area (Å²) in [6.45, 7) is 3.22. The average Bonchev–Trinajstić information content (AvgIpc) is 2.33. The van der Waals surface area contributed by atoms with Crippen LogP contribution in [0.1, 0.15) is 0 Å². The Kier molecular flexibility index (Phi) is 3.89. The van der Waals surface area contributed by atoms with E-state index in [1.54, 1.807) is 6.20 Å². The van der Waals surface area contributed by atoms with Crippen LogP contribution in [-0.4, -0.2) is 49.2 Å². The van der Waals surface area contributed by atoms with E-state index in [9.17, 15) is 13.2 Å². The zero-order valence-electron chi connectivity index (χ0n) is 10.8. The summed E-state index contributed by atoms with van der Waals surface area (Å²) in [5, 5.41) is 0. The van der Waals surface area contributed by atoms with Gasteiger partial charge in [-0.25, -0.2) is 0 Å². The molecule has 2 aliphatic rings. The van der Waals surface area contributed by atoms with Gasteiger partial charge in [-0.05, 0) is 24.8 Å². The molecule has 1 heterocycles. The average molecular weight is 273 g/mol. The highest BCUT2D eigenvalue weighted by atomic mass is 19.4. The molecular weight excluding hydrogens is 255 g/mol. The van der Waals surface area contributed by atoms with E-state index in [1.165, 1.54) is 12.2 Å². The van der Waals surface area contributed by atoms with Crippen LogP contribution in [0.3, 0.4) is 0 Å². The molecule has 1 atom stereocenters. The Hall–Kier alpha value is -1.43. The second-order valence-corrected chi connectivity index (χ2v) is 4.99. The molecule has 1 aliphatic heterocycles. The van der Waals surface area contributed by atoms with Crippen molar-refractivity contribution in [1.29, 1.82) is 0 Å². The molecule has 1 aliphatic carbocycles. The maximum Gasteiger partial charge on any atom is 0.399 e. The molecule has 1 saturated heterocycles. The van der Waals surface area contributed by atoms with E-state index in [0.717, 1.165) is 32.3 Å². The standard InChI is InChI=1S/C13H18F3N3/c1-18-4-6-19(7-5-18)9-10-2-3-11(17)8-12(10)13(14,15)16/h2-3,8-9,12H,4-7,17H2,1H3. The van der Waals surface area contributed by atoms with Gasteiger partial charge < -0.3 is 15.5 Å². The Labute approximate surface area is 110 Å². The summed E-state index contributed by atoms with van der Waals surface area (Å²) in [6.07, 6.45) is 1.37. The summed E-state index contributed by atoms with van der Waals surface area (Å²) in [7, 11) is 2.01. The molecule has 0 aromatic rings. The largest absolute Gasteiger partial charge is 0.399 e. The lowest BCUT2D eigenvalue weighted by atomic mass is 9.93. The number of piperazine rings is 1. The van der Waals surface area contributed by atoms with Gasteiger partial charge in [0.1, 0.15) is 5.92 Å². The first kappa shape index (κ1) is 14.0. The van der Waals surface area contributed by atoms with Crippen molar-refractivity contribution in [3.8, 4) is 0 Å². The van der Waals surface area contributed by atoms with Crippen molar-refractivity contribution in [3.63, 3.8) is 0 Å². The minimum atomic E-state index is -4.30. The lowest BCUT2D eigenvalue weighted by Crippen LogP contribution is -2.42. The van der Waals surface area contributed by atoms with E-state index >= 15 is 0 Å². The maximum atomic E-state index is 13.0. The Morgan fingerprint density at radius 1 is 1.21 bits per heavy atom. The molecule has 1 unspecified atom stereocenters. The Morgan fingerprint density at radius 2 is 1.84 bits per heavy atom. The first-order valence-electron chi connectivity index (χ1n) is 6.22. The minimum Gasteiger partial charge on any atom is -0.399 e. The molecule has 0 aromatic heterocycles. The number of alkyl halides is 3. The van der Waals surface area contributed by atoms with Gasteiger partial charge in [-0.1, -0.05) is 6.08 Å². The van der Waals surface area contributed by atoms with Crippen molar-refractivity contribution in [2.45, 2.75) is 6.18 Å². The van der Waals surface area contributed by atoms with Gasteiger partial charge in [-0.3, -0.25) is 0 Å². The van der Waals surface area contributed by atoms with Gasteiger partial charge in [0.25, 0.3) is 0 Å². The van der Waals surface area contributed by atoms with Crippen molar-refractivity contribution >= 4 is 0 Å². The zero-order chi connectivity index (χ0) is 14.0. The minimum absolute atomic E-state index is 0.165. The van der Waals surface area contributed by atoms with Crippen LogP contribution in [0.5, 0.6) is 0 Å². The fourth-order valence-electron chi connectivity index (χ4n) is 2.21. The van der Waals surface area contributed by atoms with Gasteiger partial charge in [0.05, 0.1) is 0 Å². The monoisotopic (exact) mass is 273 g/mol. The second kappa shape index (κ2) is 5.28. The van der Waals surface area contributed by atoms with E-state index < -0.39 is 12.1 Å². The smallest absolute Gasteiger partial charge is 0.399 e. The van der Waals surface area contributed by atoms with Gasteiger partial charge in [0, 0.05) is 38.1 Å².